The standard InChI is InChI=1S/C15H24BrNS/c1-11(2)9-17-10-12-6-7-13(16)8-14(12)18-15(3,4)5/h6-8,11,17H,9-10H2,1-5H3. The Labute approximate surface area is 124 Å². The summed E-state index contributed by atoms with van der Waals surface area (Å²) in [6.07, 6.45) is 0. The highest BCUT2D eigenvalue weighted by atomic mass is 79.9. The zero-order valence-corrected chi connectivity index (χ0v) is 14.4. The second-order valence-electron chi connectivity index (χ2n) is 5.99. The van der Waals surface area contributed by atoms with Gasteiger partial charge in [0.25, 0.3) is 0 Å². The summed E-state index contributed by atoms with van der Waals surface area (Å²) < 4.78 is 1.40. The van der Waals surface area contributed by atoms with Crippen LogP contribution in [0, 0.1) is 5.92 Å². The van der Waals surface area contributed by atoms with Crippen LogP contribution in [0.25, 0.3) is 0 Å². The van der Waals surface area contributed by atoms with E-state index in [-0.39, 0.29) is 4.75 Å². The van der Waals surface area contributed by atoms with Crippen LogP contribution in [0.15, 0.2) is 27.6 Å². The quantitative estimate of drug-likeness (QED) is 0.755. The molecule has 1 N–H and O–H groups in total. The molecule has 1 aromatic carbocycles. The highest BCUT2D eigenvalue weighted by Crippen LogP contribution is 2.35. The van der Waals surface area contributed by atoms with Gasteiger partial charge in [-0.1, -0.05) is 56.6 Å². The van der Waals surface area contributed by atoms with Gasteiger partial charge in [0.1, 0.15) is 0 Å². The predicted molar refractivity (Wildman–Crippen MR) is 86.3 cm³/mol. The molecule has 0 fully saturated rings. The van der Waals surface area contributed by atoms with Crippen LogP contribution in [0.3, 0.4) is 0 Å². The maximum Gasteiger partial charge on any atom is 0.0216 e. The molecule has 1 rings (SSSR count). The first kappa shape index (κ1) is 16.1. The van der Waals surface area contributed by atoms with Gasteiger partial charge in [0, 0.05) is 20.7 Å². The lowest BCUT2D eigenvalue weighted by atomic mass is 10.2. The van der Waals surface area contributed by atoms with Gasteiger partial charge in [0.05, 0.1) is 0 Å². The average molecular weight is 330 g/mol. The van der Waals surface area contributed by atoms with E-state index in [0.29, 0.717) is 5.92 Å². The molecule has 0 bridgehead atoms. The summed E-state index contributed by atoms with van der Waals surface area (Å²) in [5, 5.41) is 3.52. The normalized spacial score (nSPS) is 12.2. The van der Waals surface area contributed by atoms with E-state index in [2.05, 4.69) is 74.1 Å². The monoisotopic (exact) mass is 329 g/mol. The minimum Gasteiger partial charge on any atom is -0.312 e. The summed E-state index contributed by atoms with van der Waals surface area (Å²) in [5.41, 5.74) is 1.39. The summed E-state index contributed by atoms with van der Waals surface area (Å²) in [6.45, 7) is 13.2. The smallest absolute Gasteiger partial charge is 0.0216 e. The molecule has 0 aliphatic rings. The van der Waals surface area contributed by atoms with E-state index >= 15 is 0 Å². The third kappa shape index (κ3) is 6.26. The largest absolute Gasteiger partial charge is 0.312 e. The maximum atomic E-state index is 3.56. The molecule has 102 valence electrons. The summed E-state index contributed by atoms with van der Waals surface area (Å²) in [7, 11) is 0. The molecule has 0 unspecified atom stereocenters. The van der Waals surface area contributed by atoms with E-state index in [9.17, 15) is 0 Å². The number of thioether (sulfide) groups is 1. The molecule has 0 aliphatic heterocycles. The Hall–Kier alpha value is 0.01000. The van der Waals surface area contributed by atoms with Crippen LogP contribution >= 0.6 is 27.7 Å². The molecular formula is C15H24BrNS. The fourth-order valence-electron chi connectivity index (χ4n) is 1.59. The van der Waals surface area contributed by atoms with Crippen molar-refractivity contribution in [3.8, 4) is 0 Å². The summed E-state index contributed by atoms with van der Waals surface area (Å²) in [4.78, 5) is 1.37. The van der Waals surface area contributed by atoms with Crippen LogP contribution in [-0.2, 0) is 6.54 Å². The SMILES string of the molecule is CC(C)CNCc1ccc(Br)cc1SC(C)(C)C. The second kappa shape index (κ2) is 6.97. The van der Waals surface area contributed by atoms with E-state index in [1.807, 2.05) is 11.8 Å². The fraction of sp³-hybridized carbons (Fsp3) is 0.600. The number of benzene rings is 1. The number of hydrogen-bond donors (Lipinski definition) is 1. The van der Waals surface area contributed by atoms with Gasteiger partial charge in [-0.2, -0.15) is 0 Å². The zero-order chi connectivity index (χ0) is 13.8. The molecule has 0 aromatic heterocycles. The zero-order valence-electron chi connectivity index (χ0n) is 12.0. The summed E-state index contributed by atoms with van der Waals surface area (Å²) in [5.74, 6) is 0.694. The second-order valence-corrected chi connectivity index (χ2v) is 8.78. The van der Waals surface area contributed by atoms with E-state index in [4.69, 9.17) is 0 Å². The number of rotatable bonds is 5. The van der Waals surface area contributed by atoms with Crippen molar-refractivity contribution in [2.75, 3.05) is 6.54 Å². The van der Waals surface area contributed by atoms with Crippen molar-refractivity contribution in [3.63, 3.8) is 0 Å². The Morgan fingerprint density at radius 3 is 2.50 bits per heavy atom. The molecule has 0 radical (unpaired) electrons. The average Bonchev–Trinajstić information content (AvgIpc) is 2.18. The van der Waals surface area contributed by atoms with Gasteiger partial charge in [-0.25, -0.2) is 0 Å². The highest BCUT2D eigenvalue weighted by molar-refractivity contribution is 9.10. The molecule has 0 amide bonds. The van der Waals surface area contributed by atoms with E-state index in [0.717, 1.165) is 17.6 Å². The number of halogens is 1. The van der Waals surface area contributed by atoms with Gasteiger partial charge in [0.2, 0.25) is 0 Å². The predicted octanol–water partition coefficient (Wildman–Crippen LogP) is 5.09. The van der Waals surface area contributed by atoms with Gasteiger partial charge in [0.15, 0.2) is 0 Å². The van der Waals surface area contributed by atoms with Gasteiger partial charge >= 0.3 is 0 Å². The molecule has 1 nitrogen and oxygen atoms in total. The van der Waals surface area contributed by atoms with Crippen molar-refractivity contribution in [3.05, 3.63) is 28.2 Å². The molecule has 0 heterocycles. The first-order chi connectivity index (χ1) is 8.28. The number of nitrogens with one attached hydrogen (secondary N) is 1. The fourth-order valence-corrected chi connectivity index (χ4v) is 3.22. The molecule has 0 saturated carbocycles. The molecule has 3 heteroatoms. The van der Waals surface area contributed by atoms with Crippen LogP contribution < -0.4 is 5.32 Å². The van der Waals surface area contributed by atoms with Crippen molar-refractivity contribution in [2.24, 2.45) is 5.92 Å². The summed E-state index contributed by atoms with van der Waals surface area (Å²) in [6, 6.07) is 6.56. The third-order valence-electron chi connectivity index (χ3n) is 2.31. The molecule has 0 saturated heterocycles. The van der Waals surface area contributed by atoms with Crippen LogP contribution in [0.5, 0.6) is 0 Å². The van der Waals surface area contributed by atoms with Crippen molar-refractivity contribution >= 4 is 27.7 Å². The lowest BCUT2D eigenvalue weighted by Gasteiger charge is -2.20. The van der Waals surface area contributed by atoms with Crippen LogP contribution in [0.2, 0.25) is 0 Å². The molecule has 1 aromatic rings. The van der Waals surface area contributed by atoms with E-state index in [1.165, 1.54) is 10.5 Å². The third-order valence-corrected chi connectivity index (χ3v) is 4.02. The highest BCUT2D eigenvalue weighted by Gasteiger charge is 2.15. The Morgan fingerprint density at radius 2 is 1.94 bits per heavy atom. The topological polar surface area (TPSA) is 12.0 Å². The first-order valence-corrected chi connectivity index (χ1v) is 8.07. The molecule has 0 spiro atoms. The van der Waals surface area contributed by atoms with Crippen molar-refractivity contribution in [2.45, 2.75) is 50.8 Å². The minimum atomic E-state index is 0.244. The van der Waals surface area contributed by atoms with Crippen LogP contribution in [0.1, 0.15) is 40.2 Å². The lowest BCUT2D eigenvalue weighted by molar-refractivity contribution is 0.550. The Balaban J connectivity index is 2.76. The maximum absolute atomic E-state index is 3.56. The molecule has 18 heavy (non-hydrogen) atoms. The Bertz CT molecular complexity index is 383. The van der Waals surface area contributed by atoms with Gasteiger partial charge in [-0.3, -0.25) is 0 Å². The van der Waals surface area contributed by atoms with Crippen molar-refractivity contribution in [1.82, 2.24) is 5.32 Å². The van der Waals surface area contributed by atoms with Crippen LogP contribution in [0.4, 0.5) is 0 Å². The van der Waals surface area contributed by atoms with E-state index in [1.54, 1.807) is 0 Å². The van der Waals surface area contributed by atoms with Crippen LogP contribution in [-0.4, -0.2) is 11.3 Å². The summed E-state index contributed by atoms with van der Waals surface area (Å²) >= 11 is 5.49. The Kier molecular flexibility index (Phi) is 6.22. The minimum absolute atomic E-state index is 0.244. The first-order valence-electron chi connectivity index (χ1n) is 6.46. The lowest BCUT2D eigenvalue weighted by Crippen LogP contribution is -2.19. The molecular weight excluding hydrogens is 306 g/mol. The van der Waals surface area contributed by atoms with E-state index < -0.39 is 0 Å². The van der Waals surface area contributed by atoms with Crippen molar-refractivity contribution in [1.29, 1.82) is 0 Å². The number of hydrogen-bond acceptors (Lipinski definition) is 2. The van der Waals surface area contributed by atoms with Gasteiger partial charge in [-0.15, -0.1) is 11.8 Å². The Morgan fingerprint density at radius 1 is 1.28 bits per heavy atom. The van der Waals surface area contributed by atoms with Crippen molar-refractivity contribution < 1.29 is 0 Å². The van der Waals surface area contributed by atoms with Gasteiger partial charge < -0.3 is 5.32 Å². The van der Waals surface area contributed by atoms with Gasteiger partial charge in [-0.05, 0) is 30.2 Å². The molecule has 0 aliphatic carbocycles. The molecule has 0 atom stereocenters.